The molecule has 0 radical (unpaired) electrons. The lowest BCUT2D eigenvalue weighted by atomic mass is 9.93. The third-order valence-corrected chi connectivity index (χ3v) is 4.31. The number of halogens is 6. The van der Waals surface area contributed by atoms with E-state index in [1.54, 1.807) is 6.92 Å². The number of benzene rings is 1. The van der Waals surface area contributed by atoms with Crippen molar-refractivity contribution in [3.8, 4) is 5.75 Å². The number of nitrogens with zero attached hydrogens (tertiary/aromatic N) is 1. The van der Waals surface area contributed by atoms with E-state index in [1.165, 1.54) is 0 Å². The standard InChI is InChI=1S/C16H20F6N2O/c1-3-12(24-6-4-23-5-7-24)14-11(16(20,21)22)8-10(15(17,18)19)9-13(14)25-2/h8-9,12,23H,3-7H2,1-2H3/t12-/m1/s1. The van der Waals surface area contributed by atoms with Gasteiger partial charge in [0.25, 0.3) is 0 Å². The second kappa shape index (κ2) is 7.41. The lowest BCUT2D eigenvalue weighted by Crippen LogP contribution is -2.45. The number of piperazine rings is 1. The van der Waals surface area contributed by atoms with Crippen LogP contribution in [0, 0.1) is 0 Å². The Hall–Kier alpha value is -1.48. The number of nitrogens with one attached hydrogen (secondary N) is 1. The predicted molar refractivity (Wildman–Crippen MR) is 80.5 cm³/mol. The van der Waals surface area contributed by atoms with Gasteiger partial charge in [-0.05, 0) is 18.6 Å². The van der Waals surface area contributed by atoms with Crippen LogP contribution in [0.3, 0.4) is 0 Å². The fraction of sp³-hybridized carbons (Fsp3) is 0.625. The molecular weight excluding hydrogens is 350 g/mol. The van der Waals surface area contributed by atoms with Gasteiger partial charge in [0, 0.05) is 37.8 Å². The van der Waals surface area contributed by atoms with Crippen molar-refractivity contribution in [3.63, 3.8) is 0 Å². The number of hydrogen-bond acceptors (Lipinski definition) is 3. The Labute approximate surface area is 141 Å². The van der Waals surface area contributed by atoms with E-state index in [4.69, 9.17) is 4.74 Å². The summed E-state index contributed by atoms with van der Waals surface area (Å²) in [6.45, 7) is 3.96. The Morgan fingerprint density at radius 2 is 1.68 bits per heavy atom. The Bertz CT molecular complexity index is 594. The molecule has 142 valence electrons. The van der Waals surface area contributed by atoms with Crippen LogP contribution in [-0.2, 0) is 12.4 Å². The molecule has 1 aliphatic rings. The van der Waals surface area contributed by atoms with Gasteiger partial charge in [0.15, 0.2) is 0 Å². The molecular formula is C16H20F6N2O. The van der Waals surface area contributed by atoms with Gasteiger partial charge in [-0.15, -0.1) is 0 Å². The van der Waals surface area contributed by atoms with Crippen LogP contribution in [0.1, 0.15) is 36.1 Å². The van der Waals surface area contributed by atoms with Crippen molar-refractivity contribution in [2.75, 3.05) is 33.3 Å². The van der Waals surface area contributed by atoms with E-state index in [2.05, 4.69) is 5.32 Å². The first-order valence-corrected chi connectivity index (χ1v) is 7.90. The van der Waals surface area contributed by atoms with E-state index in [-0.39, 0.29) is 17.4 Å². The van der Waals surface area contributed by atoms with Crippen molar-refractivity contribution < 1.29 is 31.1 Å². The molecule has 1 heterocycles. The van der Waals surface area contributed by atoms with Crippen LogP contribution in [0.15, 0.2) is 12.1 Å². The van der Waals surface area contributed by atoms with Gasteiger partial charge >= 0.3 is 12.4 Å². The Kier molecular flexibility index (Phi) is 5.88. The predicted octanol–water partition coefficient (Wildman–Crippen LogP) is 4.09. The SMILES string of the molecule is CC[C@H](c1c(OC)cc(C(F)(F)F)cc1C(F)(F)F)N1CCNCC1. The van der Waals surface area contributed by atoms with Crippen LogP contribution in [0.25, 0.3) is 0 Å². The maximum absolute atomic E-state index is 13.5. The van der Waals surface area contributed by atoms with Gasteiger partial charge in [0.1, 0.15) is 5.75 Å². The lowest BCUT2D eigenvalue weighted by Gasteiger charge is -2.36. The number of hydrogen-bond donors (Lipinski definition) is 1. The number of methoxy groups -OCH3 is 1. The normalized spacial score (nSPS) is 18.2. The molecule has 9 heteroatoms. The first kappa shape index (κ1) is 19.8. The van der Waals surface area contributed by atoms with Gasteiger partial charge in [-0.2, -0.15) is 26.3 Å². The zero-order valence-corrected chi connectivity index (χ0v) is 13.9. The summed E-state index contributed by atoms with van der Waals surface area (Å²) < 4.78 is 84.6. The van der Waals surface area contributed by atoms with Crippen molar-refractivity contribution in [3.05, 3.63) is 28.8 Å². The zero-order valence-electron chi connectivity index (χ0n) is 13.9. The molecule has 1 fully saturated rings. The maximum Gasteiger partial charge on any atom is 0.416 e. The number of rotatable bonds is 4. The van der Waals surface area contributed by atoms with Crippen molar-refractivity contribution >= 4 is 0 Å². The summed E-state index contributed by atoms with van der Waals surface area (Å²) in [7, 11) is 1.09. The highest BCUT2D eigenvalue weighted by atomic mass is 19.4. The molecule has 1 aromatic carbocycles. The average Bonchev–Trinajstić information content (AvgIpc) is 2.54. The highest BCUT2D eigenvalue weighted by Crippen LogP contribution is 2.45. The average molecular weight is 370 g/mol. The Morgan fingerprint density at radius 3 is 2.12 bits per heavy atom. The molecule has 1 aliphatic heterocycles. The van der Waals surface area contributed by atoms with Gasteiger partial charge in [-0.1, -0.05) is 6.92 Å². The maximum atomic E-state index is 13.5. The third kappa shape index (κ3) is 4.38. The summed E-state index contributed by atoms with van der Waals surface area (Å²) >= 11 is 0. The smallest absolute Gasteiger partial charge is 0.416 e. The molecule has 0 aromatic heterocycles. The van der Waals surface area contributed by atoms with E-state index in [9.17, 15) is 26.3 Å². The largest absolute Gasteiger partial charge is 0.496 e. The van der Waals surface area contributed by atoms with Crippen LogP contribution in [0.2, 0.25) is 0 Å². The van der Waals surface area contributed by atoms with Crippen LogP contribution in [0.5, 0.6) is 5.75 Å². The molecule has 0 spiro atoms. The molecule has 2 rings (SSSR count). The quantitative estimate of drug-likeness (QED) is 0.808. The molecule has 1 atom stereocenters. The van der Waals surface area contributed by atoms with Crippen molar-refractivity contribution in [1.29, 1.82) is 0 Å². The fourth-order valence-electron chi connectivity index (χ4n) is 3.18. The highest BCUT2D eigenvalue weighted by Gasteiger charge is 2.42. The van der Waals surface area contributed by atoms with Crippen LogP contribution in [0.4, 0.5) is 26.3 Å². The van der Waals surface area contributed by atoms with Gasteiger partial charge in [-0.25, -0.2) is 0 Å². The highest BCUT2D eigenvalue weighted by molar-refractivity contribution is 5.48. The summed E-state index contributed by atoms with van der Waals surface area (Å²) in [5.74, 6) is -0.382. The first-order valence-electron chi connectivity index (χ1n) is 7.90. The molecule has 25 heavy (non-hydrogen) atoms. The number of alkyl halides is 6. The molecule has 1 saturated heterocycles. The first-order chi connectivity index (χ1) is 11.6. The molecule has 0 aliphatic carbocycles. The molecule has 1 aromatic rings. The van der Waals surface area contributed by atoms with E-state index >= 15 is 0 Å². The van der Waals surface area contributed by atoms with E-state index in [0.29, 0.717) is 38.7 Å². The van der Waals surface area contributed by atoms with Crippen LogP contribution >= 0.6 is 0 Å². The fourth-order valence-corrected chi connectivity index (χ4v) is 3.18. The second-order valence-corrected chi connectivity index (χ2v) is 5.85. The topological polar surface area (TPSA) is 24.5 Å². The summed E-state index contributed by atoms with van der Waals surface area (Å²) in [6, 6.07) is 0.161. The molecule has 0 bridgehead atoms. The van der Waals surface area contributed by atoms with Crippen molar-refractivity contribution in [2.45, 2.75) is 31.7 Å². The molecule has 0 unspecified atom stereocenters. The Morgan fingerprint density at radius 1 is 1.08 bits per heavy atom. The van der Waals surface area contributed by atoms with Crippen molar-refractivity contribution in [1.82, 2.24) is 10.2 Å². The minimum absolute atomic E-state index is 0.183. The van der Waals surface area contributed by atoms with Crippen LogP contribution in [-0.4, -0.2) is 38.2 Å². The summed E-state index contributed by atoms with van der Waals surface area (Å²) in [5, 5.41) is 3.10. The summed E-state index contributed by atoms with van der Waals surface area (Å²) in [4.78, 5) is 1.84. The van der Waals surface area contributed by atoms with Crippen molar-refractivity contribution in [2.24, 2.45) is 0 Å². The lowest BCUT2D eigenvalue weighted by molar-refractivity contribution is -0.144. The minimum Gasteiger partial charge on any atom is -0.496 e. The van der Waals surface area contributed by atoms with E-state index in [0.717, 1.165) is 7.11 Å². The van der Waals surface area contributed by atoms with Gasteiger partial charge in [-0.3, -0.25) is 4.90 Å². The molecule has 3 nitrogen and oxygen atoms in total. The Balaban J connectivity index is 2.64. The summed E-state index contributed by atoms with van der Waals surface area (Å²) in [5.41, 5.74) is -2.88. The second-order valence-electron chi connectivity index (χ2n) is 5.85. The number of ether oxygens (including phenoxy) is 1. The minimum atomic E-state index is -4.91. The van der Waals surface area contributed by atoms with Gasteiger partial charge < -0.3 is 10.1 Å². The van der Waals surface area contributed by atoms with E-state index in [1.807, 2.05) is 4.90 Å². The third-order valence-electron chi connectivity index (χ3n) is 4.31. The molecule has 0 saturated carbocycles. The molecule has 0 amide bonds. The van der Waals surface area contributed by atoms with Gasteiger partial charge in [0.2, 0.25) is 0 Å². The monoisotopic (exact) mass is 370 g/mol. The van der Waals surface area contributed by atoms with E-state index < -0.39 is 29.5 Å². The summed E-state index contributed by atoms with van der Waals surface area (Å²) in [6.07, 6.45) is -9.47. The molecule has 1 N–H and O–H groups in total. The zero-order chi connectivity index (χ0) is 18.8. The van der Waals surface area contributed by atoms with Crippen LogP contribution < -0.4 is 10.1 Å². The van der Waals surface area contributed by atoms with Gasteiger partial charge in [0.05, 0.1) is 18.2 Å².